The first-order chi connectivity index (χ1) is 13.7. The summed E-state index contributed by atoms with van der Waals surface area (Å²) in [6.45, 7) is 1.99. The Balaban J connectivity index is 0.000000203. The van der Waals surface area contributed by atoms with Gasteiger partial charge in [-0.05, 0) is 32.9 Å². The lowest BCUT2D eigenvalue weighted by Crippen LogP contribution is -2.26. The van der Waals surface area contributed by atoms with Crippen LogP contribution < -0.4 is 11.1 Å². The number of nitrogens with zero attached hydrogens (tertiary/aromatic N) is 6. The second-order valence-corrected chi connectivity index (χ2v) is 7.21. The molecule has 146 valence electrons. The Morgan fingerprint density at radius 2 is 1.86 bits per heavy atom. The van der Waals surface area contributed by atoms with Crippen molar-refractivity contribution in [1.82, 2.24) is 34.3 Å². The van der Waals surface area contributed by atoms with E-state index in [-0.39, 0.29) is 5.95 Å². The van der Waals surface area contributed by atoms with Gasteiger partial charge >= 0.3 is 0 Å². The van der Waals surface area contributed by atoms with Crippen LogP contribution in [-0.2, 0) is 0 Å². The van der Waals surface area contributed by atoms with Gasteiger partial charge in [-0.3, -0.25) is 4.40 Å². The molecule has 0 radical (unpaired) electrons. The number of hydrogen-bond acceptors (Lipinski definition) is 6. The molecule has 0 bridgehead atoms. The molecule has 0 spiro atoms. The maximum atomic E-state index is 5.58. The standard InChI is InChI=1S/C13H11N7.C7H15N/c1-8-4-16-13-17-5-9(7-19(8)13)10-2-3-20-11(10)6-15-12(14)18-20;1-8-7-5-3-2-4-6-7/h2-7H,1H3,(H2,14,18);7-8H,2-6H2,1H3. The van der Waals surface area contributed by atoms with Crippen molar-refractivity contribution in [3.63, 3.8) is 0 Å². The summed E-state index contributed by atoms with van der Waals surface area (Å²) in [4.78, 5) is 12.6. The van der Waals surface area contributed by atoms with Crippen LogP contribution in [0.5, 0.6) is 0 Å². The van der Waals surface area contributed by atoms with Gasteiger partial charge in [-0.25, -0.2) is 19.5 Å². The molecule has 0 aromatic carbocycles. The Morgan fingerprint density at radius 3 is 2.61 bits per heavy atom. The highest BCUT2D eigenvalue weighted by Gasteiger charge is 2.10. The summed E-state index contributed by atoms with van der Waals surface area (Å²) in [5, 5.41) is 7.44. The van der Waals surface area contributed by atoms with Gasteiger partial charge in [0.2, 0.25) is 11.7 Å². The number of aryl methyl sites for hydroxylation is 1. The van der Waals surface area contributed by atoms with Crippen molar-refractivity contribution in [2.24, 2.45) is 0 Å². The quantitative estimate of drug-likeness (QED) is 0.556. The Hall–Kier alpha value is -3.00. The molecule has 5 rings (SSSR count). The summed E-state index contributed by atoms with van der Waals surface area (Å²) < 4.78 is 3.67. The lowest BCUT2D eigenvalue weighted by Gasteiger charge is -2.20. The minimum Gasteiger partial charge on any atom is -0.367 e. The van der Waals surface area contributed by atoms with Gasteiger partial charge in [0.05, 0.1) is 17.9 Å². The summed E-state index contributed by atoms with van der Waals surface area (Å²) in [6, 6.07) is 2.81. The zero-order valence-corrected chi connectivity index (χ0v) is 16.3. The monoisotopic (exact) mass is 378 g/mol. The largest absolute Gasteiger partial charge is 0.367 e. The molecular weight excluding hydrogens is 352 g/mol. The number of anilines is 1. The lowest BCUT2D eigenvalue weighted by molar-refractivity contribution is 0.394. The highest BCUT2D eigenvalue weighted by atomic mass is 15.3. The van der Waals surface area contributed by atoms with E-state index in [0.717, 1.165) is 28.4 Å². The van der Waals surface area contributed by atoms with Crippen LogP contribution >= 0.6 is 0 Å². The van der Waals surface area contributed by atoms with Crippen LogP contribution in [0, 0.1) is 6.92 Å². The SMILES string of the molecule is CNC1CCCCC1.Cc1cnc2ncc(-c3ccn4nc(N)ncc34)cn12. The van der Waals surface area contributed by atoms with Gasteiger partial charge in [0.15, 0.2) is 0 Å². The molecule has 8 nitrogen and oxygen atoms in total. The number of rotatable bonds is 2. The second kappa shape index (κ2) is 7.93. The van der Waals surface area contributed by atoms with Crippen LogP contribution in [0.25, 0.3) is 22.4 Å². The van der Waals surface area contributed by atoms with Gasteiger partial charge in [-0.15, -0.1) is 5.10 Å². The molecule has 0 atom stereocenters. The number of fused-ring (bicyclic) bond motifs is 2. The molecular formula is C20H26N8. The molecule has 0 unspecified atom stereocenters. The minimum atomic E-state index is 0.249. The van der Waals surface area contributed by atoms with Crippen molar-refractivity contribution < 1.29 is 0 Å². The average Bonchev–Trinajstić information content (AvgIpc) is 3.32. The van der Waals surface area contributed by atoms with Gasteiger partial charge < -0.3 is 11.1 Å². The Bertz CT molecular complexity index is 1070. The third-order valence-electron chi connectivity index (χ3n) is 5.31. The number of hydrogen-bond donors (Lipinski definition) is 2. The van der Waals surface area contributed by atoms with E-state index >= 15 is 0 Å². The normalized spacial score (nSPS) is 14.9. The van der Waals surface area contributed by atoms with Crippen LogP contribution in [0.2, 0.25) is 0 Å². The summed E-state index contributed by atoms with van der Waals surface area (Å²) >= 11 is 0. The molecule has 0 amide bonds. The van der Waals surface area contributed by atoms with Crippen LogP contribution in [-0.4, -0.2) is 42.1 Å². The lowest BCUT2D eigenvalue weighted by atomic mass is 9.96. The molecule has 1 aliphatic carbocycles. The number of imidazole rings is 1. The maximum Gasteiger partial charge on any atom is 0.238 e. The Labute approximate surface area is 163 Å². The molecule has 0 saturated heterocycles. The summed E-state index contributed by atoms with van der Waals surface area (Å²) in [6.07, 6.45) is 16.3. The Morgan fingerprint density at radius 1 is 1.07 bits per heavy atom. The molecule has 28 heavy (non-hydrogen) atoms. The highest BCUT2D eigenvalue weighted by molar-refractivity contribution is 5.79. The first kappa shape index (κ1) is 18.4. The topological polar surface area (TPSA) is 98.4 Å². The molecule has 0 aliphatic heterocycles. The fraction of sp³-hybridized carbons (Fsp3) is 0.400. The van der Waals surface area contributed by atoms with E-state index in [1.54, 1.807) is 23.1 Å². The maximum absolute atomic E-state index is 5.58. The van der Waals surface area contributed by atoms with Crippen molar-refractivity contribution >= 4 is 17.2 Å². The van der Waals surface area contributed by atoms with E-state index in [4.69, 9.17) is 5.73 Å². The average molecular weight is 378 g/mol. The number of nitrogens with two attached hydrogens (primary N) is 1. The zero-order chi connectivity index (χ0) is 19.5. The van der Waals surface area contributed by atoms with Crippen molar-refractivity contribution in [1.29, 1.82) is 0 Å². The molecule has 1 saturated carbocycles. The second-order valence-electron chi connectivity index (χ2n) is 7.21. The first-order valence-corrected chi connectivity index (χ1v) is 9.73. The van der Waals surface area contributed by atoms with Crippen molar-refractivity contribution in [2.45, 2.75) is 45.1 Å². The zero-order valence-electron chi connectivity index (χ0n) is 16.3. The van der Waals surface area contributed by atoms with E-state index < -0.39 is 0 Å². The van der Waals surface area contributed by atoms with E-state index in [1.807, 2.05) is 29.8 Å². The molecule has 4 aromatic rings. The van der Waals surface area contributed by atoms with Gasteiger partial charge in [0, 0.05) is 41.5 Å². The molecule has 3 N–H and O–H groups in total. The van der Waals surface area contributed by atoms with Crippen LogP contribution in [0.4, 0.5) is 5.95 Å². The molecule has 4 aromatic heterocycles. The smallest absolute Gasteiger partial charge is 0.238 e. The predicted molar refractivity (Wildman–Crippen MR) is 110 cm³/mol. The third kappa shape index (κ3) is 3.68. The fourth-order valence-corrected chi connectivity index (χ4v) is 3.68. The third-order valence-corrected chi connectivity index (χ3v) is 5.31. The van der Waals surface area contributed by atoms with E-state index in [2.05, 4.69) is 32.4 Å². The highest BCUT2D eigenvalue weighted by Crippen LogP contribution is 2.24. The van der Waals surface area contributed by atoms with Crippen LogP contribution in [0.15, 0.2) is 37.1 Å². The Kier molecular flexibility index (Phi) is 5.21. The fourth-order valence-electron chi connectivity index (χ4n) is 3.68. The first-order valence-electron chi connectivity index (χ1n) is 9.73. The van der Waals surface area contributed by atoms with E-state index in [0.29, 0.717) is 5.78 Å². The van der Waals surface area contributed by atoms with Gasteiger partial charge in [0.25, 0.3) is 0 Å². The summed E-state index contributed by atoms with van der Waals surface area (Å²) in [7, 11) is 2.07. The van der Waals surface area contributed by atoms with Gasteiger partial charge in [-0.2, -0.15) is 0 Å². The van der Waals surface area contributed by atoms with Crippen molar-refractivity contribution in [3.8, 4) is 11.1 Å². The number of aromatic nitrogens is 6. The predicted octanol–water partition coefficient (Wildman–Crippen LogP) is 2.87. The molecule has 8 heteroatoms. The van der Waals surface area contributed by atoms with E-state index in [9.17, 15) is 0 Å². The van der Waals surface area contributed by atoms with E-state index in [1.165, 1.54) is 32.1 Å². The number of nitrogens with one attached hydrogen (secondary N) is 1. The van der Waals surface area contributed by atoms with Crippen molar-refractivity contribution in [2.75, 3.05) is 12.8 Å². The van der Waals surface area contributed by atoms with Crippen molar-refractivity contribution in [3.05, 3.63) is 42.7 Å². The summed E-state index contributed by atoms with van der Waals surface area (Å²) in [5.41, 5.74) is 9.50. The molecule has 1 fully saturated rings. The number of nitrogen functional groups attached to an aromatic ring is 1. The minimum absolute atomic E-state index is 0.249. The van der Waals surface area contributed by atoms with Crippen LogP contribution in [0.1, 0.15) is 37.8 Å². The van der Waals surface area contributed by atoms with Crippen LogP contribution in [0.3, 0.4) is 0 Å². The molecule has 4 heterocycles. The van der Waals surface area contributed by atoms with Gasteiger partial charge in [0.1, 0.15) is 0 Å². The van der Waals surface area contributed by atoms with Gasteiger partial charge in [-0.1, -0.05) is 19.3 Å². The summed E-state index contributed by atoms with van der Waals surface area (Å²) in [5.74, 6) is 0.939. The molecule has 1 aliphatic rings.